The van der Waals surface area contributed by atoms with E-state index in [0.717, 1.165) is 68.2 Å². The summed E-state index contributed by atoms with van der Waals surface area (Å²) in [5.74, 6) is 1.59. The van der Waals surface area contributed by atoms with Gasteiger partial charge in [-0.15, -0.1) is 11.6 Å². The van der Waals surface area contributed by atoms with Gasteiger partial charge in [0, 0.05) is 19.3 Å². The van der Waals surface area contributed by atoms with E-state index in [1.807, 2.05) is 11.7 Å². The van der Waals surface area contributed by atoms with Crippen LogP contribution in [0.15, 0.2) is 0 Å². The summed E-state index contributed by atoms with van der Waals surface area (Å²) in [6.07, 6.45) is 2.79. The number of hydrogen-bond donors (Lipinski definition) is 0. The van der Waals surface area contributed by atoms with Crippen LogP contribution in [0, 0.1) is 0 Å². The molecule has 1 fully saturated rings. The quantitative estimate of drug-likeness (QED) is 0.785. The highest BCUT2D eigenvalue weighted by Gasteiger charge is 2.23. The average Bonchev–Trinajstić information content (AvgIpc) is 3.00. The van der Waals surface area contributed by atoms with Crippen LogP contribution in [-0.4, -0.2) is 51.6 Å². The molecule has 0 unspecified atom stereocenters. The lowest BCUT2D eigenvalue weighted by Crippen LogP contribution is -2.45. The molecule has 0 N–H and O–H groups in total. The van der Waals surface area contributed by atoms with Gasteiger partial charge in [-0.25, -0.2) is 14.3 Å². The first-order valence-electron chi connectivity index (χ1n) is 7.58. The number of nitrogens with zero attached hydrogens (tertiary/aromatic N) is 5. The largest absolute Gasteiger partial charge is 0.378 e. The Bertz CT molecular complexity index is 614. The molecule has 1 saturated heterocycles. The monoisotopic (exact) mass is 311 g/mol. The van der Waals surface area contributed by atoms with Crippen LogP contribution in [0.2, 0.25) is 0 Å². The number of fused-ring (bicyclic) bond motifs is 1. The van der Waals surface area contributed by atoms with E-state index in [-0.39, 0.29) is 0 Å². The minimum Gasteiger partial charge on any atom is -0.378 e. The fraction of sp³-hybridized carbons (Fsp3) is 0.714. The summed E-state index contributed by atoms with van der Waals surface area (Å²) in [5, 5.41) is 6.93. The molecule has 116 valence electrons. The van der Waals surface area contributed by atoms with Crippen LogP contribution in [0.1, 0.15) is 24.9 Å². The van der Waals surface area contributed by atoms with Gasteiger partial charge in [0.1, 0.15) is 11.3 Å². The van der Waals surface area contributed by atoms with E-state index in [9.17, 15) is 0 Å². The number of halogens is 1. The molecule has 0 saturated carbocycles. The van der Waals surface area contributed by atoms with Gasteiger partial charge in [-0.1, -0.05) is 13.3 Å². The molecule has 0 atom stereocenters. The number of imidazole rings is 1. The highest BCUT2D eigenvalue weighted by molar-refractivity contribution is 6.17. The number of alkyl halides is 1. The second-order valence-corrected chi connectivity index (χ2v) is 5.72. The first kappa shape index (κ1) is 14.7. The van der Waals surface area contributed by atoms with Gasteiger partial charge in [-0.05, 0) is 6.42 Å². The summed E-state index contributed by atoms with van der Waals surface area (Å²) in [6.45, 7) is 5.41. The maximum Gasteiger partial charge on any atom is 0.177 e. The maximum atomic E-state index is 5.96. The van der Waals surface area contributed by atoms with Crippen molar-refractivity contribution < 1.29 is 4.74 Å². The number of aromatic nitrogens is 4. The first-order valence-corrected chi connectivity index (χ1v) is 8.11. The highest BCUT2D eigenvalue weighted by atomic mass is 35.5. The third kappa shape index (κ3) is 2.62. The van der Waals surface area contributed by atoms with Crippen LogP contribution in [0.4, 0.5) is 0 Å². The first-order chi connectivity index (χ1) is 10.3. The molecule has 1 aliphatic rings. The van der Waals surface area contributed by atoms with Crippen LogP contribution in [-0.2, 0) is 24.6 Å². The van der Waals surface area contributed by atoms with Gasteiger partial charge >= 0.3 is 0 Å². The van der Waals surface area contributed by atoms with E-state index in [1.54, 1.807) is 0 Å². The van der Waals surface area contributed by atoms with Crippen molar-refractivity contribution in [1.82, 2.24) is 19.4 Å². The molecule has 0 aliphatic carbocycles. The Kier molecular flexibility index (Phi) is 4.35. The lowest BCUT2D eigenvalue weighted by molar-refractivity contribution is 0.111. The molecule has 6 nitrogen and oxygen atoms in total. The second-order valence-electron chi connectivity index (χ2n) is 5.34. The van der Waals surface area contributed by atoms with Crippen LogP contribution in [0.25, 0.3) is 11.2 Å². The maximum absolute atomic E-state index is 5.96. The van der Waals surface area contributed by atoms with E-state index >= 15 is 0 Å². The summed E-state index contributed by atoms with van der Waals surface area (Å²) >= 11 is 5.96. The standard InChI is InChI=1S/C14H22ClN5O/c1-3-4-11-13-14(18(2)17-11)20(12(16-13)5-6-15)19-7-9-21-10-8-19/h3-10H2,1-2H3. The lowest BCUT2D eigenvalue weighted by atomic mass is 10.2. The fourth-order valence-corrected chi connectivity index (χ4v) is 3.08. The molecular formula is C14H22ClN5O. The predicted molar refractivity (Wildman–Crippen MR) is 83.7 cm³/mol. The molecule has 0 radical (unpaired) electrons. The molecule has 21 heavy (non-hydrogen) atoms. The van der Waals surface area contributed by atoms with Crippen molar-refractivity contribution in [3.8, 4) is 0 Å². The number of hydrogen-bond acceptors (Lipinski definition) is 4. The molecule has 0 amide bonds. The zero-order valence-corrected chi connectivity index (χ0v) is 13.4. The molecule has 0 spiro atoms. The molecule has 7 heteroatoms. The van der Waals surface area contributed by atoms with Crippen LogP contribution in [0.5, 0.6) is 0 Å². The summed E-state index contributed by atoms with van der Waals surface area (Å²) in [6, 6.07) is 0. The Labute approximate surface area is 129 Å². The van der Waals surface area contributed by atoms with E-state index in [0.29, 0.717) is 5.88 Å². The molecule has 1 aliphatic heterocycles. The van der Waals surface area contributed by atoms with Crippen molar-refractivity contribution in [3.63, 3.8) is 0 Å². The van der Waals surface area contributed by atoms with Crippen molar-refractivity contribution >= 4 is 22.8 Å². The summed E-state index contributed by atoms with van der Waals surface area (Å²) in [5.41, 5.74) is 3.17. The number of morpholine rings is 1. The highest BCUT2D eigenvalue weighted by Crippen LogP contribution is 2.22. The van der Waals surface area contributed by atoms with E-state index in [2.05, 4.69) is 21.7 Å². The SMILES string of the molecule is CCCc1nn(C)c2c1nc(CCCl)n2N1CCOCC1. The number of ether oxygens (including phenoxy) is 1. The zero-order chi connectivity index (χ0) is 14.8. The Morgan fingerprint density at radius 2 is 2.00 bits per heavy atom. The van der Waals surface area contributed by atoms with E-state index in [4.69, 9.17) is 21.3 Å². The normalized spacial score (nSPS) is 16.0. The van der Waals surface area contributed by atoms with Crippen molar-refractivity contribution in [2.75, 3.05) is 37.2 Å². The molecule has 0 aromatic carbocycles. The molecule has 2 aromatic heterocycles. The molecule has 3 rings (SSSR count). The van der Waals surface area contributed by atoms with Crippen molar-refractivity contribution in [1.29, 1.82) is 0 Å². The second kappa shape index (κ2) is 6.23. The van der Waals surface area contributed by atoms with Gasteiger partial charge in [-0.2, -0.15) is 5.10 Å². The van der Waals surface area contributed by atoms with Crippen molar-refractivity contribution in [3.05, 3.63) is 11.5 Å². The summed E-state index contributed by atoms with van der Waals surface area (Å²) in [7, 11) is 1.99. The third-order valence-corrected chi connectivity index (χ3v) is 4.01. The van der Waals surface area contributed by atoms with Gasteiger partial charge < -0.3 is 9.75 Å². The van der Waals surface area contributed by atoms with Gasteiger partial charge in [-0.3, -0.25) is 0 Å². The van der Waals surface area contributed by atoms with Gasteiger partial charge in [0.25, 0.3) is 0 Å². The van der Waals surface area contributed by atoms with Gasteiger partial charge in [0.2, 0.25) is 0 Å². The lowest BCUT2D eigenvalue weighted by Gasteiger charge is -2.31. The van der Waals surface area contributed by atoms with Gasteiger partial charge in [0.05, 0.1) is 32.0 Å². The van der Waals surface area contributed by atoms with Gasteiger partial charge in [0.15, 0.2) is 5.65 Å². The van der Waals surface area contributed by atoms with Crippen LogP contribution >= 0.6 is 11.6 Å². The Hall–Kier alpha value is -1.27. The average molecular weight is 312 g/mol. The Morgan fingerprint density at radius 3 is 2.67 bits per heavy atom. The third-order valence-electron chi connectivity index (χ3n) is 3.82. The van der Waals surface area contributed by atoms with Crippen LogP contribution in [0.3, 0.4) is 0 Å². The Morgan fingerprint density at radius 1 is 1.24 bits per heavy atom. The minimum atomic E-state index is 0.574. The fourth-order valence-electron chi connectivity index (χ4n) is 2.91. The minimum absolute atomic E-state index is 0.574. The molecular weight excluding hydrogens is 290 g/mol. The zero-order valence-electron chi connectivity index (χ0n) is 12.7. The van der Waals surface area contributed by atoms with Crippen LogP contribution < -0.4 is 5.01 Å². The number of rotatable bonds is 5. The smallest absolute Gasteiger partial charge is 0.177 e. The number of aryl methyl sites for hydroxylation is 3. The van der Waals surface area contributed by atoms with E-state index < -0.39 is 0 Å². The predicted octanol–water partition coefficient (Wildman–Crippen LogP) is 1.47. The molecule has 3 heterocycles. The van der Waals surface area contributed by atoms with Crippen molar-refractivity contribution in [2.24, 2.45) is 7.05 Å². The Balaban J connectivity index is 2.11. The summed E-state index contributed by atoms with van der Waals surface area (Å²) in [4.78, 5) is 4.83. The topological polar surface area (TPSA) is 48.1 Å². The van der Waals surface area contributed by atoms with Crippen molar-refractivity contribution in [2.45, 2.75) is 26.2 Å². The molecule has 0 bridgehead atoms. The van der Waals surface area contributed by atoms with E-state index in [1.165, 1.54) is 0 Å². The molecule has 2 aromatic rings. The summed E-state index contributed by atoms with van der Waals surface area (Å²) < 4.78 is 9.61.